The molecular weight excluding hydrogens is 566 g/mol. The molecule has 1 fully saturated rings. The van der Waals surface area contributed by atoms with Crippen molar-refractivity contribution in [1.29, 1.82) is 5.41 Å². The third-order valence-electron chi connectivity index (χ3n) is 7.31. The van der Waals surface area contributed by atoms with Crippen LogP contribution in [-0.4, -0.2) is 69.7 Å². The number of nitrogens with one attached hydrogen (secondary N) is 4. The maximum Gasteiger partial charge on any atom is 0.328 e. The van der Waals surface area contributed by atoms with E-state index in [9.17, 15) is 29.1 Å². The normalized spacial score (nSPS) is 16.8. The van der Waals surface area contributed by atoms with E-state index in [0.29, 0.717) is 11.1 Å². The molecule has 4 rings (SSSR count). The molecule has 1 aliphatic heterocycles. The third-order valence-corrected chi connectivity index (χ3v) is 7.31. The van der Waals surface area contributed by atoms with Crippen LogP contribution < -0.4 is 21.7 Å². The van der Waals surface area contributed by atoms with Crippen molar-refractivity contribution in [3.05, 3.63) is 107 Å². The zero-order chi connectivity index (χ0) is 31.9. The lowest BCUT2D eigenvalue weighted by Gasteiger charge is -2.32. The van der Waals surface area contributed by atoms with Gasteiger partial charge in [0.2, 0.25) is 5.91 Å². The van der Waals surface area contributed by atoms with Gasteiger partial charge in [-0.25, -0.2) is 14.4 Å². The fourth-order valence-corrected chi connectivity index (χ4v) is 4.79. The number of amidine groups is 1. The minimum atomic E-state index is -1.50. The number of urea groups is 2. The quantitative estimate of drug-likeness (QED) is 0.103. The number of hydrogen-bond acceptors (Lipinski definition) is 6. The molecule has 0 saturated carbocycles. The molecule has 0 radical (unpaired) electrons. The Morgan fingerprint density at radius 2 is 1.50 bits per heavy atom. The van der Waals surface area contributed by atoms with Gasteiger partial charge in [-0.1, -0.05) is 84.9 Å². The van der Waals surface area contributed by atoms with Crippen molar-refractivity contribution in [3.63, 3.8) is 0 Å². The van der Waals surface area contributed by atoms with E-state index >= 15 is 0 Å². The number of rotatable bonds is 12. The van der Waals surface area contributed by atoms with E-state index in [1.165, 1.54) is 4.90 Å². The van der Waals surface area contributed by atoms with Crippen LogP contribution in [0.1, 0.15) is 29.2 Å². The predicted molar refractivity (Wildman–Crippen MR) is 160 cm³/mol. The maximum atomic E-state index is 13.8. The molecule has 0 bridgehead atoms. The number of carboxylic acid groups (broad SMARTS) is 1. The second-order valence-electron chi connectivity index (χ2n) is 10.3. The number of carbonyl (C=O) groups is 5. The molecule has 6 amide bonds. The van der Waals surface area contributed by atoms with Crippen LogP contribution in [0, 0.1) is 5.41 Å². The van der Waals surface area contributed by atoms with E-state index in [0.717, 1.165) is 16.0 Å². The van der Waals surface area contributed by atoms with E-state index in [1.807, 2.05) is 12.1 Å². The standard InChI is InChI=1S/C31H33N7O6/c1-31(23-14-12-22(13-15-23)26(32)33)28(42)37(30(44)38(31)18-21-10-6-3-7-11-21)19-25(39)34-17-24(27(40)41)36-29(43)35-16-20-8-4-2-5-9-20/h2-15,24H,16-19H2,1H3,(H3,32,33)(H,34,39)(H,40,41)(H2,35,36,43)/t24-,31?/m0/s1. The molecule has 13 heteroatoms. The summed E-state index contributed by atoms with van der Waals surface area (Å²) < 4.78 is 0. The summed E-state index contributed by atoms with van der Waals surface area (Å²) in [5.74, 6) is -2.99. The minimum absolute atomic E-state index is 0.0671. The summed E-state index contributed by atoms with van der Waals surface area (Å²) in [7, 11) is 0. The first kappa shape index (κ1) is 31.2. The number of amides is 6. The molecule has 1 aliphatic rings. The number of nitrogens with zero attached hydrogens (tertiary/aromatic N) is 2. The lowest BCUT2D eigenvalue weighted by atomic mass is 9.89. The van der Waals surface area contributed by atoms with Gasteiger partial charge in [0, 0.05) is 25.2 Å². The number of carbonyl (C=O) groups excluding carboxylic acids is 4. The highest BCUT2D eigenvalue weighted by Crippen LogP contribution is 2.38. The summed E-state index contributed by atoms with van der Waals surface area (Å²) in [6.07, 6.45) is 0. The van der Waals surface area contributed by atoms with Crippen LogP contribution in [0.5, 0.6) is 0 Å². The number of aliphatic carboxylic acids is 1. The highest BCUT2D eigenvalue weighted by atomic mass is 16.4. The molecule has 13 nitrogen and oxygen atoms in total. The number of nitrogens with two attached hydrogens (primary N) is 1. The van der Waals surface area contributed by atoms with Crippen molar-refractivity contribution in [3.8, 4) is 0 Å². The summed E-state index contributed by atoms with van der Waals surface area (Å²) in [6, 6.07) is 21.5. The van der Waals surface area contributed by atoms with E-state index in [-0.39, 0.29) is 18.9 Å². The van der Waals surface area contributed by atoms with Crippen LogP contribution in [0.25, 0.3) is 0 Å². The summed E-state index contributed by atoms with van der Waals surface area (Å²) in [5, 5.41) is 24.5. The second kappa shape index (κ2) is 13.5. The fourth-order valence-electron chi connectivity index (χ4n) is 4.79. The first-order chi connectivity index (χ1) is 21.0. The fraction of sp³-hybridized carbons (Fsp3) is 0.226. The van der Waals surface area contributed by atoms with Gasteiger partial charge in [0.15, 0.2) is 0 Å². The average molecular weight is 600 g/mol. The third kappa shape index (κ3) is 7.01. The summed E-state index contributed by atoms with van der Waals surface area (Å²) in [4.78, 5) is 66.6. The Morgan fingerprint density at radius 1 is 0.909 bits per heavy atom. The molecule has 0 spiro atoms. The van der Waals surface area contributed by atoms with Crippen molar-refractivity contribution in [2.45, 2.75) is 31.6 Å². The number of nitrogen functional groups attached to an aromatic ring is 1. The van der Waals surface area contributed by atoms with Crippen LogP contribution in [0.4, 0.5) is 9.59 Å². The van der Waals surface area contributed by atoms with Crippen molar-refractivity contribution in [1.82, 2.24) is 25.8 Å². The Balaban J connectivity index is 1.45. The lowest BCUT2D eigenvalue weighted by Crippen LogP contribution is -2.52. The molecule has 1 saturated heterocycles. The Bertz CT molecular complexity index is 1550. The van der Waals surface area contributed by atoms with Gasteiger partial charge in [0.05, 0.1) is 0 Å². The zero-order valence-electron chi connectivity index (χ0n) is 23.9. The lowest BCUT2D eigenvalue weighted by molar-refractivity contribution is -0.139. The topological polar surface area (TPSA) is 198 Å². The van der Waals surface area contributed by atoms with Gasteiger partial charge < -0.3 is 31.7 Å². The zero-order valence-corrected chi connectivity index (χ0v) is 23.9. The smallest absolute Gasteiger partial charge is 0.328 e. The predicted octanol–water partition coefficient (Wildman–Crippen LogP) is 1.72. The molecule has 228 valence electrons. The minimum Gasteiger partial charge on any atom is -0.480 e. The molecule has 3 aromatic carbocycles. The molecule has 3 aromatic rings. The Kier molecular flexibility index (Phi) is 9.58. The second-order valence-corrected chi connectivity index (χ2v) is 10.3. The molecular formula is C31H33N7O6. The van der Waals surface area contributed by atoms with E-state index in [2.05, 4.69) is 16.0 Å². The van der Waals surface area contributed by atoms with Crippen LogP contribution >= 0.6 is 0 Å². The maximum absolute atomic E-state index is 13.8. The Labute approximate surface area is 253 Å². The molecule has 44 heavy (non-hydrogen) atoms. The molecule has 1 unspecified atom stereocenters. The van der Waals surface area contributed by atoms with Gasteiger partial charge >= 0.3 is 18.0 Å². The highest BCUT2D eigenvalue weighted by molar-refractivity contribution is 6.09. The largest absolute Gasteiger partial charge is 0.480 e. The summed E-state index contributed by atoms with van der Waals surface area (Å²) >= 11 is 0. The van der Waals surface area contributed by atoms with Crippen molar-refractivity contribution < 1.29 is 29.1 Å². The SMILES string of the molecule is CC1(c2ccc(C(=N)N)cc2)C(=O)N(CC(=O)NC[C@H](NC(=O)NCc2ccccc2)C(=O)O)C(=O)N1Cc1ccccc1. The van der Waals surface area contributed by atoms with Gasteiger partial charge in [0.25, 0.3) is 5.91 Å². The van der Waals surface area contributed by atoms with Crippen molar-refractivity contribution in [2.24, 2.45) is 5.73 Å². The number of imide groups is 1. The molecule has 2 atom stereocenters. The first-order valence-electron chi connectivity index (χ1n) is 13.7. The monoisotopic (exact) mass is 599 g/mol. The van der Waals surface area contributed by atoms with E-state index < -0.39 is 54.5 Å². The Morgan fingerprint density at radius 3 is 2.07 bits per heavy atom. The van der Waals surface area contributed by atoms with Crippen LogP contribution in [-0.2, 0) is 33.0 Å². The van der Waals surface area contributed by atoms with Gasteiger partial charge in [-0.3, -0.25) is 19.9 Å². The van der Waals surface area contributed by atoms with Crippen molar-refractivity contribution in [2.75, 3.05) is 13.1 Å². The number of benzene rings is 3. The average Bonchev–Trinajstić information content (AvgIpc) is 3.19. The number of hydrogen-bond donors (Lipinski definition) is 6. The van der Waals surface area contributed by atoms with Crippen LogP contribution in [0.2, 0.25) is 0 Å². The van der Waals surface area contributed by atoms with Crippen LogP contribution in [0.15, 0.2) is 84.9 Å². The molecule has 1 heterocycles. The summed E-state index contributed by atoms with van der Waals surface area (Å²) in [5.41, 5.74) is 6.54. The van der Waals surface area contributed by atoms with Crippen LogP contribution in [0.3, 0.4) is 0 Å². The van der Waals surface area contributed by atoms with Gasteiger partial charge in [0.1, 0.15) is 24.0 Å². The van der Waals surface area contributed by atoms with Gasteiger partial charge in [-0.2, -0.15) is 0 Å². The van der Waals surface area contributed by atoms with E-state index in [1.54, 1.807) is 79.7 Å². The molecule has 0 aliphatic carbocycles. The van der Waals surface area contributed by atoms with Gasteiger partial charge in [-0.15, -0.1) is 0 Å². The summed E-state index contributed by atoms with van der Waals surface area (Å²) in [6.45, 7) is 0.657. The highest BCUT2D eigenvalue weighted by Gasteiger charge is 2.55. The first-order valence-corrected chi connectivity index (χ1v) is 13.7. The molecule has 7 N–H and O–H groups in total. The molecule has 0 aromatic heterocycles. The number of carboxylic acids is 1. The Hall–Kier alpha value is -5.72. The van der Waals surface area contributed by atoms with Gasteiger partial charge in [-0.05, 0) is 23.6 Å². The van der Waals surface area contributed by atoms with E-state index in [4.69, 9.17) is 11.1 Å². The van der Waals surface area contributed by atoms with Crippen molar-refractivity contribution >= 4 is 35.7 Å².